The third-order valence-electron chi connectivity index (χ3n) is 1.68. The highest BCUT2D eigenvalue weighted by atomic mass is 32.2. The van der Waals surface area contributed by atoms with Gasteiger partial charge in [0.05, 0.1) is 0 Å². The Labute approximate surface area is 79.4 Å². The molecule has 1 aromatic carbocycles. The minimum atomic E-state index is 1.04. The van der Waals surface area contributed by atoms with Gasteiger partial charge in [-0.3, -0.25) is 0 Å². The van der Waals surface area contributed by atoms with Crippen molar-refractivity contribution in [2.24, 2.45) is 0 Å². The summed E-state index contributed by atoms with van der Waals surface area (Å²) in [4.78, 5) is 1.37. The lowest BCUT2D eigenvalue weighted by Gasteiger charge is -2.00. The maximum Gasteiger partial charge on any atom is 0.00721 e. The zero-order valence-electron chi connectivity index (χ0n) is 7.55. The van der Waals surface area contributed by atoms with E-state index >= 15 is 0 Å². The number of rotatable bonds is 4. The van der Waals surface area contributed by atoms with Gasteiger partial charge in [-0.25, -0.2) is 0 Å². The van der Waals surface area contributed by atoms with E-state index < -0.39 is 0 Å². The summed E-state index contributed by atoms with van der Waals surface area (Å²) in [5.74, 6) is 1.19. The maximum atomic E-state index is 3.82. The summed E-state index contributed by atoms with van der Waals surface area (Å²) >= 11 is 1.91. The molecular formula is C11H15S. The Bertz CT molecular complexity index is 213. The first-order chi connectivity index (χ1) is 5.83. The number of benzene rings is 1. The molecule has 0 nitrogen and oxygen atoms in total. The summed E-state index contributed by atoms with van der Waals surface area (Å²) in [7, 11) is 0. The Hall–Kier alpha value is -0.430. The largest absolute Gasteiger partial charge is 0.126 e. The summed E-state index contributed by atoms with van der Waals surface area (Å²) in [6.07, 6.45) is 2.25. The maximum absolute atomic E-state index is 3.82. The van der Waals surface area contributed by atoms with Gasteiger partial charge < -0.3 is 0 Å². The van der Waals surface area contributed by atoms with E-state index in [2.05, 4.69) is 38.1 Å². The molecule has 0 bridgehead atoms. The van der Waals surface area contributed by atoms with Crippen molar-refractivity contribution in [2.75, 3.05) is 5.75 Å². The zero-order chi connectivity index (χ0) is 8.81. The molecule has 0 heterocycles. The number of unbranched alkanes of at least 4 members (excludes halogenated alkanes) is 1. The Balaban J connectivity index is 2.37. The van der Waals surface area contributed by atoms with E-state index in [1.165, 1.54) is 22.6 Å². The third-order valence-corrected chi connectivity index (χ3v) is 2.78. The number of hydrogen-bond donors (Lipinski definition) is 0. The van der Waals surface area contributed by atoms with Crippen LogP contribution in [0.2, 0.25) is 0 Å². The molecule has 0 aliphatic heterocycles. The van der Waals surface area contributed by atoms with E-state index in [9.17, 15) is 0 Å². The molecule has 1 rings (SSSR count). The predicted octanol–water partition coefficient (Wildman–Crippen LogP) is 3.70. The molecule has 65 valence electrons. The second-order valence-electron chi connectivity index (χ2n) is 2.87. The monoisotopic (exact) mass is 179 g/mol. The van der Waals surface area contributed by atoms with E-state index in [4.69, 9.17) is 0 Å². The average molecular weight is 179 g/mol. The molecule has 0 fully saturated rings. The van der Waals surface area contributed by atoms with E-state index in [-0.39, 0.29) is 0 Å². The lowest BCUT2D eigenvalue weighted by atomic mass is 10.2. The average Bonchev–Trinajstić information content (AvgIpc) is 2.09. The molecule has 0 unspecified atom stereocenters. The lowest BCUT2D eigenvalue weighted by molar-refractivity contribution is 0.969. The number of aryl methyl sites for hydroxylation is 1. The van der Waals surface area contributed by atoms with Crippen molar-refractivity contribution in [2.45, 2.75) is 24.7 Å². The smallest absolute Gasteiger partial charge is 0.00721 e. The summed E-state index contributed by atoms with van der Waals surface area (Å²) < 4.78 is 0. The summed E-state index contributed by atoms with van der Waals surface area (Å²) in [6.45, 7) is 5.93. The quantitative estimate of drug-likeness (QED) is 0.501. The topological polar surface area (TPSA) is 0 Å². The molecule has 0 spiro atoms. The fourth-order valence-corrected chi connectivity index (χ4v) is 1.84. The first-order valence-electron chi connectivity index (χ1n) is 4.31. The van der Waals surface area contributed by atoms with Crippen LogP contribution >= 0.6 is 11.8 Å². The molecule has 0 aliphatic carbocycles. The van der Waals surface area contributed by atoms with Crippen LogP contribution in [0.5, 0.6) is 0 Å². The Kier molecular flexibility index (Phi) is 4.23. The van der Waals surface area contributed by atoms with Gasteiger partial charge in [0, 0.05) is 4.90 Å². The highest BCUT2D eigenvalue weighted by Crippen LogP contribution is 2.19. The number of thioether (sulfide) groups is 1. The van der Waals surface area contributed by atoms with Gasteiger partial charge in [0.15, 0.2) is 0 Å². The second kappa shape index (κ2) is 5.26. The third kappa shape index (κ3) is 3.31. The van der Waals surface area contributed by atoms with Crippen molar-refractivity contribution < 1.29 is 0 Å². The van der Waals surface area contributed by atoms with Crippen LogP contribution in [0.15, 0.2) is 29.2 Å². The van der Waals surface area contributed by atoms with E-state index in [1.54, 1.807) is 0 Å². The van der Waals surface area contributed by atoms with Gasteiger partial charge in [-0.2, -0.15) is 0 Å². The van der Waals surface area contributed by atoms with Crippen LogP contribution in [0.3, 0.4) is 0 Å². The SMILES string of the molecule is [CH2]CCCSc1ccc(C)cc1. The standard InChI is InChI=1S/C11H15S/c1-3-4-9-12-11-7-5-10(2)6-8-11/h5-8H,1,3-4,9H2,2H3. The van der Waals surface area contributed by atoms with Gasteiger partial charge in [0.2, 0.25) is 0 Å². The summed E-state index contributed by atoms with van der Waals surface area (Å²) in [6, 6.07) is 8.69. The Morgan fingerprint density at radius 3 is 2.50 bits per heavy atom. The molecule has 0 N–H and O–H groups in total. The molecule has 1 radical (unpaired) electrons. The first-order valence-corrected chi connectivity index (χ1v) is 5.30. The minimum Gasteiger partial charge on any atom is -0.126 e. The Morgan fingerprint density at radius 1 is 1.25 bits per heavy atom. The Morgan fingerprint density at radius 2 is 1.92 bits per heavy atom. The van der Waals surface area contributed by atoms with Crippen LogP contribution in [-0.4, -0.2) is 5.75 Å². The summed E-state index contributed by atoms with van der Waals surface area (Å²) in [5, 5.41) is 0. The van der Waals surface area contributed by atoms with Gasteiger partial charge in [0.25, 0.3) is 0 Å². The van der Waals surface area contributed by atoms with Crippen LogP contribution in [0, 0.1) is 13.8 Å². The second-order valence-corrected chi connectivity index (χ2v) is 4.04. The first kappa shape index (κ1) is 9.66. The van der Waals surface area contributed by atoms with Crippen LogP contribution in [-0.2, 0) is 0 Å². The summed E-state index contributed by atoms with van der Waals surface area (Å²) in [5.41, 5.74) is 1.33. The van der Waals surface area contributed by atoms with Gasteiger partial charge in [-0.15, -0.1) is 11.8 Å². The normalized spacial score (nSPS) is 10.2. The van der Waals surface area contributed by atoms with Gasteiger partial charge in [-0.05, 0) is 31.2 Å². The van der Waals surface area contributed by atoms with E-state index in [1.807, 2.05) is 11.8 Å². The van der Waals surface area contributed by atoms with Crippen molar-refractivity contribution in [3.8, 4) is 0 Å². The molecule has 0 saturated heterocycles. The molecule has 12 heavy (non-hydrogen) atoms. The molecule has 0 aromatic heterocycles. The molecule has 0 saturated carbocycles. The zero-order valence-corrected chi connectivity index (χ0v) is 8.36. The van der Waals surface area contributed by atoms with Crippen LogP contribution in [0.25, 0.3) is 0 Å². The van der Waals surface area contributed by atoms with Crippen molar-refractivity contribution in [1.29, 1.82) is 0 Å². The van der Waals surface area contributed by atoms with Crippen molar-refractivity contribution in [1.82, 2.24) is 0 Å². The van der Waals surface area contributed by atoms with Crippen LogP contribution in [0.4, 0.5) is 0 Å². The van der Waals surface area contributed by atoms with E-state index in [0.717, 1.165) is 6.42 Å². The molecule has 1 aromatic rings. The molecule has 0 amide bonds. The van der Waals surface area contributed by atoms with Gasteiger partial charge in [0.1, 0.15) is 0 Å². The van der Waals surface area contributed by atoms with Crippen molar-refractivity contribution in [3.63, 3.8) is 0 Å². The molecular weight excluding hydrogens is 164 g/mol. The molecule has 0 atom stereocenters. The van der Waals surface area contributed by atoms with Crippen molar-refractivity contribution >= 4 is 11.8 Å². The predicted molar refractivity (Wildman–Crippen MR) is 56.5 cm³/mol. The highest BCUT2D eigenvalue weighted by Gasteiger charge is 1.91. The fraction of sp³-hybridized carbons (Fsp3) is 0.364. The van der Waals surface area contributed by atoms with Crippen molar-refractivity contribution in [3.05, 3.63) is 36.8 Å². The molecule has 0 aliphatic rings. The molecule has 1 heteroatoms. The van der Waals surface area contributed by atoms with E-state index in [0.29, 0.717) is 0 Å². The number of hydrogen-bond acceptors (Lipinski definition) is 1. The fourth-order valence-electron chi connectivity index (χ4n) is 0.927. The van der Waals surface area contributed by atoms with Gasteiger partial charge >= 0.3 is 0 Å². The minimum absolute atomic E-state index is 1.04. The highest BCUT2D eigenvalue weighted by molar-refractivity contribution is 7.99. The van der Waals surface area contributed by atoms with Crippen LogP contribution in [0.1, 0.15) is 18.4 Å². The lowest BCUT2D eigenvalue weighted by Crippen LogP contribution is -1.78. The van der Waals surface area contributed by atoms with Crippen LogP contribution < -0.4 is 0 Å². The van der Waals surface area contributed by atoms with Gasteiger partial charge in [-0.1, -0.05) is 31.0 Å².